The number of hydrogen-bond donors (Lipinski definition) is 0. The molecule has 4 rings (SSSR count). The summed E-state index contributed by atoms with van der Waals surface area (Å²) in [5.41, 5.74) is 1.56. The Morgan fingerprint density at radius 2 is 1.75 bits per heavy atom. The molecule has 0 saturated carbocycles. The number of hydrogen-bond acceptors (Lipinski definition) is 3. The number of aliphatic imine (C=N–C) groups is 1. The maximum atomic E-state index is 14.4. The van der Waals surface area contributed by atoms with E-state index in [1.165, 1.54) is 6.07 Å². The Hall–Kier alpha value is -3.67. The lowest BCUT2D eigenvalue weighted by Gasteiger charge is -2.12. The number of rotatable bonds is 3. The summed E-state index contributed by atoms with van der Waals surface area (Å²) in [5, 5.41) is 5.47. The normalized spacial score (nSPS) is 11.4. The van der Waals surface area contributed by atoms with E-state index in [0.717, 1.165) is 27.9 Å². The van der Waals surface area contributed by atoms with Crippen LogP contribution in [0, 0.1) is 11.6 Å². The third kappa shape index (κ3) is 3.09. The minimum Gasteiger partial charge on any atom is -0.296 e. The molecular weight excluding hydrogens is 360 g/mol. The first-order valence-electron chi connectivity index (χ1n) is 8.58. The molecule has 0 aliphatic carbocycles. The van der Waals surface area contributed by atoms with Crippen LogP contribution in [0.1, 0.15) is 5.56 Å². The van der Waals surface area contributed by atoms with Crippen LogP contribution in [0.3, 0.4) is 0 Å². The standard InChI is InChI=1S/C22H15F2N3O/c1-25-13-14-5-4-6-15(11-14)21-17-7-2-3-8-18(17)22(28)27(26-21)20-10-9-16(23)12-19(20)24/h2-13H,1H3. The van der Waals surface area contributed by atoms with Gasteiger partial charge in [0, 0.05) is 30.3 Å². The molecule has 0 bridgehead atoms. The van der Waals surface area contributed by atoms with E-state index in [0.29, 0.717) is 16.5 Å². The van der Waals surface area contributed by atoms with Crippen LogP contribution in [-0.2, 0) is 0 Å². The lowest BCUT2D eigenvalue weighted by atomic mass is 10.0. The number of nitrogens with zero attached hydrogens (tertiary/aromatic N) is 3. The first-order valence-corrected chi connectivity index (χ1v) is 8.58. The third-order valence-corrected chi connectivity index (χ3v) is 4.38. The lowest BCUT2D eigenvalue weighted by Crippen LogP contribution is -2.23. The second-order valence-electron chi connectivity index (χ2n) is 6.22. The summed E-state index contributed by atoms with van der Waals surface area (Å²) < 4.78 is 28.7. The van der Waals surface area contributed by atoms with Crippen molar-refractivity contribution < 1.29 is 8.78 Å². The molecule has 0 saturated heterocycles. The van der Waals surface area contributed by atoms with Crippen molar-refractivity contribution in [2.75, 3.05) is 7.05 Å². The Balaban J connectivity index is 2.05. The Morgan fingerprint density at radius 1 is 0.964 bits per heavy atom. The molecule has 6 heteroatoms. The number of halogens is 2. The highest BCUT2D eigenvalue weighted by Crippen LogP contribution is 2.26. The molecule has 4 aromatic rings. The molecule has 0 radical (unpaired) electrons. The maximum Gasteiger partial charge on any atom is 0.279 e. The van der Waals surface area contributed by atoms with E-state index < -0.39 is 17.2 Å². The smallest absolute Gasteiger partial charge is 0.279 e. The summed E-state index contributed by atoms with van der Waals surface area (Å²) in [4.78, 5) is 17.0. The molecule has 0 unspecified atom stereocenters. The molecule has 0 atom stereocenters. The Bertz CT molecular complexity index is 1280. The summed E-state index contributed by atoms with van der Waals surface area (Å²) in [6, 6.07) is 17.5. The van der Waals surface area contributed by atoms with Gasteiger partial charge in [0.05, 0.1) is 11.1 Å². The van der Waals surface area contributed by atoms with Gasteiger partial charge in [0.25, 0.3) is 5.56 Å². The molecule has 0 aliphatic heterocycles. The van der Waals surface area contributed by atoms with E-state index in [1.807, 2.05) is 30.3 Å². The lowest BCUT2D eigenvalue weighted by molar-refractivity contribution is 0.571. The van der Waals surface area contributed by atoms with Gasteiger partial charge in [-0.2, -0.15) is 9.78 Å². The fourth-order valence-corrected chi connectivity index (χ4v) is 3.13. The van der Waals surface area contributed by atoms with E-state index in [-0.39, 0.29) is 5.69 Å². The SMILES string of the molecule is CN=Cc1cccc(-c2nn(-c3ccc(F)cc3F)c(=O)c3ccccc23)c1. The Kier molecular flexibility index (Phi) is 4.53. The highest BCUT2D eigenvalue weighted by molar-refractivity contribution is 5.95. The minimum absolute atomic E-state index is 0.107. The Morgan fingerprint density at radius 3 is 2.50 bits per heavy atom. The van der Waals surface area contributed by atoms with Gasteiger partial charge in [-0.25, -0.2) is 8.78 Å². The molecule has 0 amide bonds. The highest BCUT2D eigenvalue weighted by atomic mass is 19.1. The number of fused-ring (bicyclic) bond motifs is 1. The van der Waals surface area contributed by atoms with Crippen molar-refractivity contribution in [2.24, 2.45) is 4.99 Å². The predicted molar refractivity (Wildman–Crippen MR) is 106 cm³/mol. The Labute approximate surface area is 159 Å². The topological polar surface area (TPSA) is 47.2 Å². The van der Waals surface area contributed by atoms with Crippen molar-refractivity contribution in [2.45, 2.75) is 0 Å². The van der Waals surface area contributed by atoms with E-state index in [1.54, 1.807) is 31.5 Å². The zero-order chi connectivity index (χ0) is 19.7. The maximum absolute atomic E-state index is 14.4. The van der Waals surface area contributed by atoms with Crippen LogP contribution in [-0.4, -0.2) is 23.0 Å². The van der Waals surface area contributed by atoms with Crippen LogP contribution in [0.4, 0.5) is 8.78 Å². The second kappa shape index (κ2) is 7.15. The van der Waals surface area contributed by atoms with Crippen LogP contribution < -0.4 is 5.56 Å². The highest BCUT2D eigenvalue weighted by Gasteiger charge is 2.16. The van der Waals surface area contributed by atoms with Crippen molar-refractivity contribution in [1.29, 1.82) is 0 Å². The van der Waals surface area contributed by atoms with Crippen molar-refractivity contribution >= 4 is 17.0 Å². The average molecular weight is 375 g/mol. The summed E-state index contributed by atoms with van der Waals surface area (Å²) in [6.45, 7) is 0. The van der Waals surface area contributed by atoms with Gasteiger partial charge in [0.15, 0.2) is 5.82 Å². The fraction of sp³-hybridized carbons (Fsp3) is 0.0455. The zero-order valence-electron chi connectivity index (χ0n) is 14.9. The molecule has 0 spiro atoms. The molecule has 3 aromatic carbocycles. The number of benzene rings is 3. The van der Waals surface area contributed by atoms with Crippen LogP contribution in [0.15, 0.2) is 76.5 Å². The first kappa shape index (κ1) is 17.7. The largest absolute Gasteiger partial charge is 0.296 e. The molecule has 0 aliphatic rings. The second-order valence-corrected chi connectivity index (χ2v) is 6.22. The predicted octanol–water partition coefficient (Wildman–Crippen LogP) is 4.38. The van der Waals surface area contributed by atoms with Gasteiger partial charge in [-0.3, -0.25) is 9.79 Å². The summed E-state index contributed by atoms with van der Waals surface area (Å²) in [7, 11) is 1.68. The molecule has 0 N–H and O–H groups in total. The van der Waals surface area contributed by atoms with Crippen molar-refractivity contribution in [1.82, 2.24) is 9.78 Å². The fourth-order valence-electron chi connectivity index (χ4n) is 3.13. The molecule has 1 aromatic heterocycles. The summed E-state index contributed by atoms with van der Waals surface area (Å²) >= 11 is 0. The quantitative estimate of drug-likeness (QED) is 0.499. The van der Waals surface area contributed by atoms with E-state index in [4.69, 9.17) is 0 Å². The molecular formula is C22H15F2N3O. The monoisotopic (exact) mass is 375 g/mol. The van der Waals surface area contributed by atoms with Gasteiger partial charge >= 0.3 is 0 Å². The van der Waals surface area contributed by atoms with Gasteiger partial charge in [-0.05, 0) is 29.8 Å². The minimum atomic E-state index is -0.859. The summed E-state index contributed by atoms with van der Waals surface area (Å²) in [5.74, 6) is -1.58. The molecule has 1 heterocycles. The third-order valence-electron chi connectivity index (χ3n) is 4.38. The molecule has 28 heavy (non-hydrogen) atoms. The first-order chi connectivity index (χ1) is 13.6. The van der Waals surface area contributed by atoms with Crippen LogP contribution in [0.25, 0.3) is 27.7 Å². The van der Waals surface area contributed by atoms with Gasteiger partial charge < -0.3 is 0 Å². The van der Waals surface area contributed by atoms with E-state index >= 15 is 0 Å². The van der Waals surface area contributed by atoms with Gasteiger partial charge in [-0.1, -0.05) is 36.4 Å². The molecule has 138 valence electrons. The summed E-state index contributed by atoms with van der Waals surface area (Å²) in [6.07, 6.45) is 1.71. The van der Waals surface area contributed by atoms with Gasteiger partial charge in [-0.15, -0.1) is 0 Å². The van der Waals surface area contributed by atoms with Crippen molar-refractivity contribution in [3.8, 4) is 16.9 Å². The van der Waals surface area contributed by atoms with Gasteiger partial charge in [0.2, 0.25) is 0 Å². The van der Waals surface area contributed by atoms with Crippen LogP contribution in [0.2, 0.25) is 0 Å². The van der Waals surface area contributed by atoms with Crippen LogP contribution >= 0.6 is 0 Å². The number of aromatic nitrogens is 2. The van der Waals surface area contributed by atoms with Crippen molar-refractivity contribution in [3.05, 3.63) is 94.3 Å². The van der Waals surface area contributed by atoms with Gasteiger partial charge in [0.1, 0.15) is 11.5 Å². The van der Waals surface area contributed by atoms with Crippen LogP contribution in [0.5, 0.6) is 0 Å². The molecule has 0 fully saturated rings. The van der Waals surface area contributed by atoms with Crippen molar-refractivity contribution in [3.63, 3.8) is 0 Å². The van der Waals surface area contributed by atoms with E-state index in [2.05, 4.69) is 10.1 Å². The van der Waals surface area contributed by atoms with E-state index in [9.17, 15) is 13.6 Å². The average Bonchev–Trinajstić information content (AvgIpc) is 2.70. The zero-order valence-corrected chi connectivity index (χ0v) is 14.9. The molecule has 4 nitrogen and oxygen atoms in total.